The average Bonchev–Trinajstić information content (AvgIpc) is 3.00. The van der Waals surface area contributed by atoms with Crippen molar-refractivity contribution in [3.8, 4) is 0 Å². The summed E-state index contributed by atoms with van der Waals surface area (Å²) in [5.41, 5.74) is 1.31. The Kier molecular flexibility index (Phi) is 6.78. The van der Waals surface area contributed by atoms with Crippen molar-refractivity contribution in [1.82, 2.24) is 20.4 Å². The number of carbonyl (C=O) groups is 2. The van der Waals surface area contributed by atoms with Gasteiger partial charge in [-0.15, -0.1) is 0 Å². The van der Waals surface area contributed by atoms with Gasteiger partial charge in [0.1, 0.15) is 5.69 Å². The van der Waals surface area contributed by atoms with E-state index in [0.717, 1.165) is 12.1 Å². The van der Waals surface area contributed by atoms with Crippen molar-refractivity contribution in [2.24, 2.45) is 5.92 Å². The highest BCUT2D eigenvalue weighted by atomic mass is 16.5. The van der Waals surface area contributed by atoms with Crippen molar-refractivity contribution in [3.05, 3.63) is 17.5 Å². The monoisotopic (exact) mass is 336 g/mol. The number of aromatic amines is 1. The van der Waals surface area contributed by atoms with Gasteiger partial charge in [0.25, 0.3) is 5.91 Å². The molecule has 0 saturated carbocycles. The molecule has 0 aliphatic carbocycles. The average molecular weight is 336 g/mol. The molecule has 0 aromatic carbocycles. The van der Waals surface area contributed by atoms with E-state index in [2.05, 4.69) is 15.5 Å². The number of nitrogens with one attached hydrogen (secondary N) is 2. The third-order valence-corrected chi connectivity index (χ3v) is 4.15. The van der Waals surface area contributed by atoms with Crippen LogP contribution in [0.4, 0.5) is 0 Å². The lowest BCUT2D eigenvalue weighted by Crippen LogP contribution is -2.43. The van der Waals surface area contributed by atoms with Crippen molar-refractivity contribution in [2.75, 3.05) is 26.2 Å². The third-order valence-electron chi connectivity index (χ3n) is 4.15. The fourth-order valence-corrected chi connectivity index (χ4v) is 2.78. The van der Waals surface area contributed by atoms with Crippen LogP contribution < -0.4 is 5.32 Å². The minimum absolute atomic E-state index is 0.0130. The molecule has 0 atom stereocenters. The van der Waals surface area contributed by atoms with Crippen LogP contribution in [0, 0.1) is 12.8 Å². The number of hydrogen-bond donors (Lipinski definition) is 2. The summed E-state index contributed by atoms with van der Waals surface area (Å²) in [6.45, 7) is 8.35. The Balaban J connectivity index is 1.68. The van der Waals surface area contributed by atoms with Crippen LogP contribution in [0.25, 0.3) is 0 Å². The summed E-state index contributed by atoms with van der Waals surface area (Å²) >= 11 is 0. The smallest absolute Gasteiger partial charge is 0.274 e. The minimum Gasteiger partial charge on any atom is -0.379 e. The van der Waals surface area contributed by atoms with E-state index in [4.69, 9.17) is 4.74 Å². The molecule has 134 valence electrons. The first-order chi connectivity index (χ1) is 11.5. The number of piperidine rings is 1. The van der Waals surface area contributed by atoms with Crippen LogP contribution in [0.3, 0.4) is 0 Å². The molecule has 1 aliphatic rings. The maximum Gasteiger partial charge on any atom is 0.274 e. The Bertz CT molecular complexity index is 548. The number of nitrogens with zero attached hydrogens (tertiary/aromatic N) is 2. The molecule has 1 saturated heterocycles. The summed E-state index contributed by atoms with van der Waals surface area (Å²) in [6, 6.07) is 1.75. The van der Waals surface area contributed by atoms with Crippen LogP contribution in [-0.2, 0) is 9.53 Å². The number of likely N-dealkylation sites (tertiary alicyclic amines) is 1. The van der Waals surface area contributed by atoms with Crippen LogP contribution >= 0.6 is 0 Å². The molecule has 0 spiro atoms. The van der Waals surface area contributed by atoms with Gasteiger partial charge in [-0.2, -0.15) is 5.10 Å². The van der Waals surface area contributed by atoms with E-state index in [1.54, 1.807) is 11.0 Å². The lowest BCUT2D eigenvalue weighted by molar-refractivity contribution is -0.126. The van der Waals surface area contributed by atoms with Gasteiger partial charge in [-0.05, 0) is 46.1 Å². The fraction of sp³-hybridized carbons (Fsp3) is 0.706. The molecular weight excluding hydrogens is 308 g/mol. The number of amides is 2. The minimum atomic E-state index is -0.0657. The first kappa shape index (κ1) is 18.4. The fourth-order valence-electron chi connectivity index (χ4n) is 2.78. The second-order valence-corrected chi connectivity index (χ2v) is 6.57. The van der Waals surface area contributed by atoms with Gasteiger partial charge in [0.2, 0.25) is 5.91 Å². The van der Waals surface area contributed by atoms with Gasteiger partial charge in [-0.25, -0.2) is 0 Å². The number of rotatable bonds is 7. The van der Waals surface area contributed by atoms with Crippen molar-refractivity contribution >= 4 is 11.8 Å². The second kappa shape index (κ2) is 8.82. The zero-order valence-electron chi connectivity index (χ0n) is 14.8. The number of hydrogen-bond acceptors (Lipinski definition) is 4. The zero-order chi connectivity index (χ0) is 17.5. The first-order valence-corrected chi connectivity index (χ1v) is 8.68. The number of carbonyl (C=O) groups excluding carboxylic acids is 2. The number of H-pyrrole nitrogens is 1. The van der Waals surface area contributed by atoms with Gasteiger partial charge >= 0.3 is 0 Å². The molecule has 1 aromatic rings. The third kappa shape index (κ3) is 5.33. The highest BCUT2D eigenvalue weighted by molar-refractivity contribution is 5.92. The van der Waals surface area contributed by atoms with Gasteiger partial charge in [0, 0.05) is 37.9 Å². The van der Waals surface area contributed by atoms with Crippen molar-refractivity contribution < 1.29 is 14.3 Å². The summed E-state index contributed by atoms with van der Waals surface area (Å²) in [5.74, 6) is 0.00675. The summed E-state index contributed by atoms with van der Waals surface area (Å²) in [4.78, 5) is 26.3. The molecule has 2 N–H and O–H groups in total. The van der Waals surface area contributed by atoms with Crippen molar-refractivity contribution in [2.45, 2.75) is 46.1 Å². The largest absolute Gasteiger partial charge is 0.379 e. The Labute approximate surface area is 143 Å². The zero-order valence-corrected chi connectivity index (χ0v) is 14.8. The van der Waals surface area contributed by atoms with E-state index >= 15 is 0 Å². The number of aryl methyl sites for hydroxylation is 1. The lowest BCUT2D eigenvalue weighted by atomic mass is 9.95. The van der Waals surface area contributed by atoms with Gasteiger partial charge < -0.3 is 15.0 Å². The summed E-state index contributed by atoms with van der Waals surface area (Å²) in [5, 5.41) is 9.76. The maximum atomic E-state index is 12.3. The summed E-state index contributed by atoms with van der Waals surface area (Å²) < 4.78 is 5.45. The quantitative estimate of drug-likeness (QED) is 0.739. The van der Waals surface area contributed by atoms with E-state index in [1.807, 2.05) is 20.8 Å². The van der Waals surface area contributed by atoms with Crippen LogP contribution in [0.15, 0.2) is 6.07 Å². The second-order valence-electron chi connectivity index (χ2n) is 6.57. The molecule has 1 fully saturated rings. The highest BCUT2D eigenvalue weighted by Gasteiger charge is 2.28. The predicted molar refractivity (Wildman–Crippen MR) is 90.7 cm³/mol. The molecule has 7 heteroatoms. The molecule has 2 heterocycles. The molecule has 0 unspecified atom stereocenters. The van der Waals surface area contributed by atoms with Gasteiger partial charge in [0.05, 0.1) is 6.10 Å². The summed E-state index contributed by atoms with van der Waals surface area (Å²) in [6.07, 6.45) is 2.44. The topological polar surface area (TPSA) is 87.3 Å². The highest BCUT2D eigenvalue weighted by Crippen LogP contribution is 2.19. The number of ether oxygens (including phenoxy) is 1. The molecular formula is C17H28N4O3. The number of aromatic nitrogens is 2. The molecule has 0 bridgehead atoms. The molecule has 1 aliphatic heterocycles. The van der Waals surface area contributed by atoms with Gasteiger partial charge in [-0.1, -0.05) is 0 Å². The Morgan fingerprint density at radius 3 is 2.71 bits per heavy atom. The molecule has 0 radical (unpaired) electrons. The Morgan fingerprint density at radius 2 is 2.12 bits per heavy atom. The van der Waals surface area contributed by atoms with Crippen LogP contribution in [0.2, 0.25) is 0 Å². The van der Waals surface area contributed by atoms with E-state index in [-0.39, 0.29) is 23.8 Å². The molecule has 2 amide bonds. The predicted octanol–water partition coefficient (Wildman–Crippen LogP) is 1.50. The normalized spacial score (nSPS) is 15.8. The van der Waals surface area contributed by atoms with E-state index < -0.39 is 0 Å². The molecule has 1 aromatic heterocycles. The van der Waals surface area contributed by atoms with E-state index in [0.29, 0.717) is 44.8 Å². The van der Waals surface area contributed by atoms with Gasteiger partial charge in [0.15, 0.2) is 0 Å². The van der Waals surface area contributed by atoms with Crippen molar-refractivity contribution in [1.29, 1.82) is 0 Å². The van der Waals surface area contributed by atoms with Crippen LogP contribution in [0.5, 0.6) is 0 Å². The first-order valence-electron chi connectivity index (χ1n) is 8.68. The van der Waals surface area contributed by atoms with Gasteiger partial charge in [-0.3, -0.25) is 14.7 Å². The molecule has 7 nitrogen and oxygen atoms in total. The van der Waals surface area contributed by atoms with E-state index in [9.17, 15) is 9.59 Å². The standard InChI is InChI=1S/C17H28N4O3/c1-12(2)24-10-4-7-18-16(22)14-5-8-21(9-6-14)17(23)15-11-13(3)19-20-15/h11-12,14H,4-10H2,1-3H3,(H,18,22)(H,19,20). The van der Waals surface area contributed by atoms with Crippen LogP contribution in [-0.4, -0.2) is 59.3 Å². The Morgan fingerprint density at radius 1 is 1.42 bits per heavy atom. The summed E-state index contributed by atoms with van der Waals surface area (Å²) in [7, 11) is 0. The lowest BCUT2D eigenvalue weighted by Gasteiger charge is -2.30. The SMILES string of the molecule is Cc1cc(C(=O)N2CCC(C(=O)NCCCOC(C)C)CC2)n[nH]1. The molecule has 2 rings (SSSR count). The van der Waals surface area contributed by atoms with E-state index in [1.165, 1.54) is 0 Å². The maximum absolute atomic E-state index is 12.3. The van der Waals surface area contributed by atoms with Crippen molar-refractivity contribution in [3.63, 3.8) is 0 Å². The molecule has 24 heavy (non-hydrogen) atoms. The van der Waals surface area contributed by atoms with Crippen LogP contribution in [0.1, 0.15) is 49.3 Å². The Hall–Kier alpha value is -1.89.